The molecule has 2 saturated heterocycles. The fraction of sp³-hybridized carbons (Fsp3) is 0.400. The molecule has 0 saturated carbocycles. The molecule has 2 fully saturated rings. The normalized spacial score (nSPS) is 24.9. The van der Waals surface area contributed by atoms with Crippen molar-refractivity contribution in [2.45, 2.75) is 0 Å². The van der Waals surface area contributed by atoms with Gasteiger partial charge in [-0.15, -0.1) is 10.2 Å². The maximum absolute atomic E-state index is 9.35. The minimum absolute atomic E-state index is 0.441. The molecule has 5 nitrogen and oxygen atoms in total. The van der Waals surface area contributed by atoms with Crippen LogP contribution in [0.1, 0.15) is 5.69 Å². The molecule has 0 radical (unpaired) electrons. The SMILES string of the molecule is N#Cc1nnc2ccccc2c1N1C[C@H]2CNC[C@H]2C1. The van der Waals surface area contributed by atoms with Crippen molar-refractivity contribution in [3.05, 3.63) is 30.0 Å². The lowest BCUT2D eigenvalue weighted by molar-refractivity contribution is 0.533. The van der Waals surface area contributed by atoms with Crippen LogP contribution in [0.4, 0.5) is 5.69 Å². The average molecular weight is 265 g/mol. The number of nitrogens with one attached hydrogen (secondary N) is 1. The second kappa shape index (κ2) is 4.43. The maximum Gasteiger partial charge on any atom is 0.187 e. The van der Waals surface area contributed by atoms with Crippen LogP contribution in [0.15, 0.2) is 24.3 Å². The van der Waals surface area contributed by atoms with Gasteiger partial charge in [-0.25, -0.2) is 0 Å². The van der Waals surface area contributed by atoms with Crippen molar-refractivity contribution in [3.8, 4) is 6.07 Å². The summed E-state index contributed by atoms with van der Waals surface area (Å²) in [5.41, 5.74) is 2.26. The van der Waals surface area contributed by atoms with Gasteiger partial charge in [-0.3, -0.25) is 0 Å². The molecule has 1 N–H and O–H groups in total. The molecule has 2 aliphatic rings. The fourth-order valence-corrected chi connectivity index (χ4v) is 3.47. The summed E-state index contributed by atoms with van der Waals surface area (Å²) < 4.78 is 0. The van der Waals surface area contributed by atoms with Gasteiger partial charge in [0.05, 0.1) is 11.2 Å². The Morgan fingerprint density at radius 3 is 2.65 bits per heavy atom. The predicted molar refractivity (Wildman–Crippen MR) is 76.3 cm³/mol. The summed E-state index contributed by atoms with van der Waals surface area (Å²) in [5, 5.41) is 22.1. The van der Waals surface area contributed by atoms with Crippen LogP contribution in [0.3, 0.4) is 0 Å². The Hall–Kier alpha value is -2.19. The number of rotatable bonds is 1. The molecule has 1 aromatic carbocycles. The molecular weight excluding hydrogens is 250 g/mol. The van der Waals surface area contributed by atoms with E-state index in [0.717, 1.165) is 42.8 Å². The van der Waals surface area contributed by atoms with E-state index < -0.39 is 0 Å². The number of fused-ring (bicyclic) bond motifs is 2. The molecule has 20 heavy (non-hydrogen) atoms. The van der Waals surface area contributed by atoms with Crippen LogP contribution in [0, 0.1) is 23.2 Å². The van der Waals surface area contributed by atoms with Crippen LogP contribution in [-0.2, 0) is 0 Å². The summed E-state index contributed by atoms with van der Waals surface area (Å²) in [6.07, 6.45) is 0. The first-order chi connectivity index (χ1) is 9.86. The molecule has 3 heterocycles. The molecule has 5 heteroatoms. The lowest BCUT2D eigenvalue weighted by atomic mass is 10.0. The molecule has 0 aliphatic carbocycles. The second-order valence-corrected chi connectivity index (χ2v) is 5.61. The minimum atomic E-state index is 0.441. The summed E-state index contributed by atoms with van der Waals surface area (Å²) in [5.74, 6) is 1.38. The van der Waals surface area contributed by atoms with Crippen LogP contribution in [0.2, 0.25) is 0 Å². The third-order valence-electron chi connectivity index (χ3n) is 4.45. The minimum Gasteiger partial charge on any atom is -0.368 e. The van der Waals surface area contributed by atoms with Crippen LogP contribution in [0.5, 0.6) is 0 Å². The molecule has 0 bridgehead atoms. The van der Waals surface area contributed by atoms with E-state index in [1.165, 1.54) is 0 Å². The largest absolute Gasteiger partial charge is 0.368 e. The monoisotopic (exact) mass is 265 g/mol. The first-order valence-electron chi connectivity index (χ1n) is 6.98. The van der Waals surface area contributed by atoms with Crippen molar-refractivity contribution < 1.29 is 0 Å². The Labute approximate surface area is 117 Å². The molecule has 2 aliphatic heterocycles. The van der Waals surface area contributed by atoms with E-state index in [1.54, 1.807) is 0 Å². The Kier molecular flexibility index (Phi) is 2.57. The van der Waals surface area contributed by atoms with Gasteiger partial charge < -0.3 is 10.2 Å². The van der Waals surface area contributed by atoms with E-state index in [1.807, 2.05) is 24.3 Å². The number of hydrogen-bond donors (Lipinski definition) is 1. The summed E-state index contributed by atoms with van der Waals surface area (Å²) in [6.45, 7) is 4.17. The van der Waals surface area contributed by atoms with Crippen LogP contribution in [-0.4, -0.2) is 36.4 Å². The highest BCUT2D eigenvalue weighted by Gasteiger charge is 2.37. The molecule has 4 rings (SSSR count). The summed E-state index contributed by atoms with van der Waals surface area (Å²) in [4.78, 5) is 2.33. The first-order valence-corrected chi connectivity index (χ1v) is 6.98. The van der Waals surface area contributed by atoms with Gasteiger partial charge in [-0.1, -0.05) is 18.2 Å². The quantitative estimate of drug-likeness (QED) is 0.838. The van der Waals surface area contributed by atoms with E-state index in [4.69, 9.17) is 0 Å². The van der Waals surface area contributed by atoms with Gasteiger partial charge in [0.1, 0.15) is 6.07 Å². The molecule has 0 unspecified atom stereocenters. The highest BCUT2D eigenvalue weighted by molar-refractivity contribution is 5.93. The molecular formula is C15H15N5. The van der Waals surface area contributed by atoms with Crippen molar-refractivity contribution in [1.29, 1.82) is 5.26 Å². The van der Waals surface area contributed by atoms with Gasteiger partial charge >= 0.3 is 0 Å². The number of benzene rings is 1. The third-order valence-corrected chi connectivity index (χ3v) is 4.45. The number of aromatic nitrogens is 2. The standard InChI is InChI=1S/C15H15N5/c16-5-14-15(12-3-1-2-4-13(12)18-19-14)20-8-10-6-17-7-11(10)9-20/h1-4,10-11,17H,6-9H2/t10-,11+. The third kappa shape index (κ3) is 1.65. The van der Waals surface area contributed by atoms with E-state index in [-0.39, 0.29) is 0 Å². The second-order valence-electron chi connectivity index (χ2n) is 5.61. The molecule has 2 aromatic rings. The van der Waals surface area contributed by atoms with Crippen molar-refractivity contribution in [3.63, 3.8) is 0 Å². The number of anilines is 1. The Morgan fingerprint density at radius 2 is 1.90 bits per heavy atom. The van der Waals surface area contributed by atoms with Crippen molar-refractivity contribution in [1.82, 2.24) is 15.5 Å². The molecule has 0 amide bonds. The lowest BCUT2D eigenvalue weighted by Crippen LogP contribution is -2.26. The zero-order valence-electron chi connectivity index (χ0n) is 11.1. The number of nitrogens with zero attached hydrogens (tertiary/aromatic N) is 4. The maximum atomic E-state index is 9.35. The van der Waals surface area contributed by atoms with Crippen LogP contribution < -0.4 is 10.2 Å². The van der Waals surface area contributed by atoms with Gasteiger partial charge in [0.2, 0.25) is 0 Å². The van der Waals surface area contributed by atoms with Gasteiger partial charge in [0.25, 0.3) is 0 Å². The smallest absolute Gasteiger partial charge is 0.187 e. The van der Waals surface area contributed by atoms with Gasteiger partial charge in [0, 0.05) is 31.6 Å². The van der Waals surface area contributed by atoms with Crippen LogP contribution in [0.25, 0.3) is 10.9 Å². The number of nitriles is 1. The molecule has 2 atom stereocenters. The van der Waals surface area contributed by atoms with E-state index in [0.29, 0.717) is 17.5 Å². The Morgan fingerprint density at radius 1 is 1.15 bits per heavy atom. The lowest BCUT2D eigenvalue weighted by Gasteiger charge is -2.21. The topological polar surface area (TPSA) is 64.8 Å². The highest BCUT2D eigenvalue weighted by Crippen LogP contribution is 2.35. The van der Waals surface area contributed by atoms with Crippen molar-refractivity contribution >= 4 is 16.6 Å². The van der Waals surface area contributed by atoms with Gasteiger partial charge in [-0.2, -0.15) is 5.26 Å². The zero-order chi connectivity index (χ0) is 13.5. The Balaban J connectivity index is 1.84. The van der Waals surface area contributed by atoms with Crippen molar-refractivity contribution in [2.24, 2.45) is 11.8 Å². The van der Waals surface area contributed by atoms with Gasteiger partial charge in [0.15, 0.2) is 5.69 Å². The average Bonchev–Trinajstić information content (AvgIpc) is 3.07. The molecule has 0 spiro atoms. The Bertz CT molecular complexity index is 693. The first kappa shape index (κ1) is 11.6. The summed E-state index contributed by atoms with van der Waals surface area (Å²) >= 11 is 0. The highest BCUT2D eigenvalue weighted by atomic mass is 15.2. The molecule has 1 aromatic heterocycles. The van der Waals surface area contributed by atoms with Crippen molar-refractivity contribution in [2.75, 3.05) is 31.1 Å². The zero-order valence-corrected chi connectivity index (χ0v) is 11.1. The molecule has 100 valence electrons. The van der Waals surface area contributed by atoms with E-state index in [2.05, 4.69) is 26.5 Å². The van der Waals surface area contributed by atoms with E-state index >= 15 is 0 Å². The van der Waals surface area contributed by atoms with E-state index in [9.17, 15) is 5.26 Å². The van der Waals surface area contributed by atoms with Gasteiger partial charge in [-0.05, 0) is 17.9 Å². The number of hydrogen-bond acceptors (Lipinski definition) is 5. The fourth-order valence-electron chi connectivity index (χ4n) is 3.47. The summed E-state index contributed by atoms with van der Waals surface area (Å²) in [7, 11) is 0. The predicted octanol–water partition coefficient (Wildman–Crippen LogP) is 1.16. The van der Waals surface area contributed by atoms with Crippen LogP contribution >= 0.6 is 0 Å². The summed E-state index contributed by atoms with van der Waals surface area (Å²) in [6, 6.07) is 10.1.